The third-order valence-electron chi connectivity index (χ3n) is 2.54. The van der Waals surface area contributed by atoms with Crippen LogP contribution in [-0.2, 0) is 0 Å². The van der Waals surface area contributed by atoms with Crippen molar-refractivity contribution in [1.29, 1.82) is 0 Å². The highest BCUT2D eigenvalue weighted by Gasteiger charge is 2.23. The molecule has 0 aromatic heterocycles. The van der Waals surface area contributed by atoms with E-state index in [0.29, 0.717) is 4.86 Å². The fourth-order valence-corrected chi connectivity index (χ4v) is 1.77. The molecule has 0 amide bonds. The van der Waals surface area contributed by atoms with Crippen molar-refractivity contribution in [3.8, 4) is 0 Å². The first-order valence-electron chi connectivity index (χ1n) is 5.24. The molecule has 0 saturated heterocycles. The van der Waals surface area contributed by atoms with Gasteiger partial charge in [0.15, 0.2) is 5.28 Å². The maximum atomic E-state index is 11.6. The van der Waals surface area contributed by atoms with Crippen LogP contribution in [0.2, 0.25) is 0 Å². The van der Waals surface area contributed by atoms with E-state index in [0.717, 1.165) is 11.1 Å². The topological polar surface area (TPSA) is 58.7 Å². The molecule has 0 radical (unpaired) electrons. The summed E-state index contributed by atoms with van der Waals surface area (Å²) in [6.45, 7) is 0. The molecule has 4 nitrogen and oxygen atoms in total. The summed E-state index contributed by atoms with van der Waals surface area (Å²) < 4.78 is 0. The summed E-state index contributed by atoms with van der Waals surface area (Å²) in [5.74, 6) is 0. The fraction of sp³-hybridized carbons (Fsp3) is 0.0769. The third-order valence-corrected chi connectivity index (χ3v) is 2.54. The van der Waals surface area contributed by atoms with Crippen molar-refractivity contribution in [3.63, 3.8) is 0 Å². The van der Waals surface area contributed by atoms with Gasteiger partial charge in [-0.3, -0.25) is 0 Å². The summed E-state index contributed by atoms with van der Waals surface area (Å²) in [4.78, 5) is 0.296. The van der Waals surface area contributed by atoms with Crippen molar-refractivity contribution in [2.45, 2.75) is 6.04 Å². The summed E-state index contributed by atoms with van der Waals surface area (Å²) >= 11 is 0. The van der Waals surface area contributed by atoms with E-state index >= 15 is 0 Å². The Balaban J connectivity index is 2.47. The molecule has 0 spiro atoms. The van der Waals surface area contributed by atoms with Crippen LogP contribution in [0.5, 0.6) is 0 Å². The van der Waals surface area contributed by atoms with Crippen LogP contribution in [0.4, 0.5) is 0 Å². The Morgan fingerprint density at radius 1 is 0.882 bits per heavy atom. The Labute approximate surface area is 99.0 Å². The van der Waals surface area contributed by atoms with Gasteiger partial charge < -0.3 is 10.4 Å². The van der Waals surface area contributed by atoms with E-state index in [4.69, 9.17) is 5.21 Å². The first-order chi connectivity index (χ1) is 8.33. The van der Waals surface area contributed by atoms with Gasteiger partial charge >= 0.3 is 0 Å². The van der Waals surface area contributed by atoms with Crippen LogP contribution in [0.3, 0.4) is 0 Å². The highest BCUT2D eigenvalue weighted by Crippen LogP contribution is 2.25. The van der Waals surface area contributed by atoms with E-state index in [1.54, 1.807) is 0 Å². The molecule has 0 bridgehead atoms. The minimum absolute atomic E-state index is 0.296. The van der Waals surface area contributed by atoms with Crippen molar-refractivity contribution < 1.29 is 10.1 Å². The quantitative estimate of drug-likeness (QED) is 0.498. The van der Waals surface area contributed by atoms with Crippen LogP contribution in [0.1, 0.15) is 17.2 Å². The van der Waals surface area contributed by atoms with Crippen molar-refractivity contribution in [1.82, 2.24) is 0 Å². The lowest BCUT2D eigenvalue weighted by atomic mass is 9.99. The monoisotopic (exact) mass is 228 g/mol. The molecular weight excluding hydrogens is 216 g/mol. The molecule has 0 aliphatic rings. The molecule has 2 aromatic rings. The first-order valence-corrected chi connectivity index (χ1v) is 5.24. The molecule has 0 heterocycles. The van der Waals surface area contributed by atoms with E-state index < -0.39 is 6.04 Å². The van der Waals surface area contributed by atoms with Gasteiger partial charge in [0.2, 0.25) is 6.04 Å². The lowest BCUT2D eigenvalue weighted by Crippen LogP contribution is -2.12. The van der Waals surface area contributed by atoms with Crippen molar-refractivity contribution in [2.24, 2.45) is 5.28 Å². The van der Waals surface area contributed by atoms with Crippen molar-refractivity contribution >= 4 is 0 Å². The van der Waals surface area contributed by atoms with Gasteiger partial charge in [0.1, 0.15) is 0 Å². The Hall–Kier alpha value is -2.36. The average molecular weight is 228 g/mol. The van der Waals surface area contributed by atoms with E-state index in [-0.39, 0.29) is 0 Å². The van der Waals surface area contributed by atoms with Gasteiger partial charge in [-0.2, -0.15) is 0 Å². The Kier molecular flexibility index (Phi) is 3.35. The molecule has 1 N–H and O–H groups in total. The van der Waals surface area contributed by atoms with E-state index in [1.165, 1.54) is 0 Å². The van der Waals surface area contributed by atoms with Crippen LogP contribution >= 0.6 is 0 Å². The summed E-state index contributed by atoms with van der Waals surface area (Å²) in [6, 6.07) is 17.8. The molecule has 17 heavy (non-hydrogen) atoms. The maximum Gasteiger partial charge on any atom is 0.243 e. The summed E-state index contributed by atoms with van der Waals surface area (Å²) in [5, 5.41) is 23.0. The van der Waals surface area contributed by atoms with Gasteiger partial charge in [-0.1, -0.05) is 60.7 Å². The van der Waals surface area contributed by atoms with Gasteiger partial charge in [0, 0.05) is 11.1 Å². The second-order valence-corrected chi connectivity index (χ2v) is 3.62. The van der Waals surface area contributed by atoms with Crippen LogP contribution in [-0.4, -0.2) is 10.1 Å². The lowest BCUT2D eigenvalue weighted by molar-refractivity contribution is -0.588. The molecule has 0 unspecified atom stereocenters. The third kappa shape index (κ3) is 2.42. The number of nitrogens with zero attached hydrogens (tertiary/aromatic N) is 2. The number of hydrogen-bond acceptors (Lipinski definition) is 2. The van der Waals surface area contributed by atoms with Crippen molar-refractivity contribution in [3.05, 3.63) is 77.0 Å². The van der Waals surface area contributed by atoms with E-state index in [1.807, 2.05) is 60.7 Å². The molecule has 4 heteroatoms. The van der Waals surface area contributed by atoms with E-state index in [2.05, 4.69) is 5.28 Å². The minimum atomic E-state index is -0.623. The van der Waals surface area contributed by atoms with Gasteiger partial charge in [-0.15, -0.1) is 0 Å². The van der Waals surface area contributed by atoms with Crippen LogP contribution in [0.15, 0.2) is 65.9 Å². The standard InChI is InChI=1S/C13H12N2O2/c16-14-15(17)13(11-7-3-1-4-8-11)12-9-5-2-6-10-12/h1-10,13,16H/b15-14+. The van der Waals surface area contributed by atoms with Gasteiger partial charge in [-0.05, 0) is 4.86 Å². The van der Waals surface area contributed by atoms with Gasteiger partial charge in [0.05, 0.1) is 0 Å². The summed E-state index contributed by atoms with van der Waals surface area (Å²) in [7, 11) is 0. The molecule has 0 aliphatic carbocycles. The minimum Gasteiger partial charge on any atom is -0.597 e. The Morgan fingerprint density at radius 3 is 1.65 bits per heavy atom. The average Bonchev–Trinajstić information content (AvgIpc) is 2.41. The van der Waals surface area contributed by atoms with Crippen molar-refractivity contribution in [2.75, 3.05) is 0 Å². The van der Waals surface area contributed by atoms with Crippen LogP contribution in [0.25, 0.3) is 0 Å². The second-order valence-electron chi connectivity index (χ2n) is 3.62. The van der Waals surface area contributed by atoms with Crippen LogP contribution < -0.4 is 0 Å². The van der Waals surface area contributed by atoms with Crippen LogP contribution in [0, 0.1) is 5.21 Å². The molecule has 2 rings (SSSR count). The molecular formula is C13H12N2O2. The predicted octanol–water partition coefficient (Wildman–Crippen LogP) is 3.13. The fourth-order valence-electron chi connectivity index (χ4n) is 1.77. The van der Waals surface area contributed by atoms with Gasteiger partial charge in [-0.25, -0.2) is 0 Å². The molecule has 0 aliphatic heterocycles. The maximum absolute atomic E-state index is 11.6. The Bertz CT molecular complexity index is 458. The zero-order chi connectivity index (χ0) is 12.1. The largest absolute Gasteiger partial charge is 0.597 e. The number of rotatable bonds is 3. The number of hydroxylamine groups is 1. The molecule has 0 atom stereocenters. The summed E-state index contributed by atoms with van der Waals surface area (Å²) in [6.07, 6.45) is 0. The first kappa shape index (κ1) is 11.1. The zero-order valence-corrected chi connectivity index (χ0v) is 9.10. The lowest BCUT2D eigenvalue weighted by Gasteiger charge is -2.13. The zero-order valence-electron chi connectivity index (χ0n) is 9.10. The summed E-state index contributed by atoms with van der Waals surface area (Å²) in [5.41, 5.74) is 1.57. The SMILES string of the molecule is [O-]/[N+](=N/O)C(c1ccccc1)c1ccccc1. The molecule has 86 valence electrons. The second kappa shape index (κ2) is 5.12. The van der Waals surface area contributed by atoms with Gasteiger partial charge in [0.25, 0.3) is 0 Å². The highest BCUT2D eigenvalue weighted by molar-refractivity contribution is 5.29. The molecule has 2 aromatic carbocycles. The Morgan fingerprint density at radius 2 is 1.29 bits per heavy atom. The number of hydrogen-bond donors (Lipinski definition) is 1. The highest BCUT2D eigenvalue weighted by atomic mass is 16.6. The van der Waals surface area contributed by atoms with E-state index in [9.17, 15) is 5.21 Å². The molecule has 0 saturated carbocycles. The smallest absolute Gasteiger partial charge is 0.243 e. The predicted molar refractivity (Wildman–Crippen MR) is 62.6 cm³/mol. The normalized spacial score (nSPS) is 11.7. The number of benzene rings is 2. The molecule has 0 fully saturated rings.